The van der Waals surface area contributed by atoms with Gasteiger partial charge in [-0.25, -0.2) is 10.6 Å². The Labute approximate surface area is 125 Å². The number of rotatable bonds is 4. The third-order valence-corrected chi connectivity index (χ3v) is 2.70. The number of carbonyl (C=O) groups is 1. The number of alkyl halides is 3. The summed E-state index contributed by atoms with van der Waals surface area (Å²) < 4.78 is 43.1. The van der Waals surface area contributed by atoms with Crippen LogP contribution in [0.4, 0.5) is 24.5 Å². The van der Waals surface area contributed by atoms with Crippen molar-refractivity contribution in [2.75, 3.05) is 17.3 Å². The average molecular weight is 318 g/mol. The number of halogens is 3. The van der Waals surface area contributed by atoms with Crippen molar-refractivity contribution >= 4 is 17.3 Å². The molecule has 9 heteroatoms. The Morgan fingerprint density at radius 1 is 1.36 bits per heavy atom. The van der Waals surface area contributed by atoms with E-state index < -0.39 is 17.7 Å². The van der Waals surface area contributed by atoms with Crippen LogP contribution < -0.4 is 22.3 Å². The number of allylic oxidation sites excluding steroid dienone is 1. The number of anilines is 2. The Morgan fingerprint density at radius 3 is 2.41 bits per heavy atom. The molecule has 1 aromatic carbocycles. The number of esters is 1. The summed E-state index contributed by atoms with van der Waals surface area (Å²) in [6.45, 7) is 3.00. The van der Waals surface area contributed by atoms with Crippen molar-refractivity contribution in [3.8, 4) is 0 Å². The number of hydrogen-bond donors (Lipinski definition) is 3. The number of carbonyl (C=O) groups excluding carboxylic acids is 1. The third-order valence-electron chi connectivity index (χ3n) is 2.70. The van der Waals surface area contributed by atoms with Crippen molar-refractivity contribution in [3.63, 3.8) is 0 Å². The molecule has 0 aromatic heterocycles. The molecular weight excluding hydrogens is 301 g/mol. The van der Waals surface area contributed by atoms with Crippen LogP contribution in [0.3, 0.4) is 0 Å². The molecule has 0 unspecified atom stereocenters. The summed E-state index contributed by atoms with van der Waals surface area (Å²) in [5.74, 6) is 4.87. The van der Waals surface area contributed by atoms with Crippen molar-refractivity contribution in [1.82, 2.24) is 0 Å². The SMILES string of the molecule is CCOC(=O)/C(=C(/C)N)N(N)c1cc(C(F)(F)F)ccc1N. The van der Waals surface area contributed by atoms with Crippen LogP contribution >= 0.6 is 0 Å². The molecule has 6 nitrogen and oxygen atoms in total. The third kappa shape index (κ3) is 3.82. The highest BCUT2D eigenvalue weighted by Gasteiger charge is 2.32. The van der Waals surface area contributed by atoms with Crippen LogP contribution in [0.2, 0.25) is 0 Å². The zero-order chi connectivity index (χ0) is 17.1. The lowest BCUT2D eigenvalue weighted by molar-refractivity contribution is -0.139. The predicted molar refractivity (Wildman–Crippen MR) is 76.0 cm³/mol. The van der Waals surface area contributed by atoms with E-state index in [0.29, 0.717) is 5.01 Å². The van der Waals surface area contributed by atoms with Crippen LogP contribution in [0.15, 0.2) is 29.6 Å². The number of hydrazine groups is 1. The Hall–Kier alpha value is -2.42. The van der Waals surface area contributed by atoms with E-state index in [1.165, 1.54) is 6.92 Å². The molecule has 0 bridgehead atoms. The highest BCUT2D eigenvalue weighted by molar-refractivity contribution is 5.94. The summed E-state index contributed by atoms with van der Waals surface area (Å²) in [5, 5.41) is 0.692. The van der Waals surface area contributed by atoms with Gasteiger partial charge >= 0.3 is 12.1 Å². The normalized spacial score (nSPS) is 12.6. The number of nitrogens with zero attached hydrogens (tertiary/aromatic N) is 1. The van der Waals surface area contributed by atoms with Crippen molar-refractivity contribution in [2.45, 2.75) is 20.0 Å². The van der Waals surface area contributed by atoms with Gasteiger partial charge in [0.1, 0.15) is 0 Å². The first-order valence-electron chi connectivity index (χ1n) is 6.24. The smallest absolute Gasteiger partial charge is 0.416 e. The summed E-state index contributed by atoms with van der Waals surface area (Å²) in [5.41, 5.74) is 9.71. The molecule has 0 amide bonds. The summed E-state index contributed by atoms with van der Waals surface area (Å²) in [6, 6.07) is 2.60. The molecule has 1 aromatic rings. The van der Waals surface area contributed by atoms with Crippen LogP contribution in [0, 0.1) is 0 Å². The van der Waals surface area contributed by atoms with Gasteiger partial charge in [0.2, 0.25) is 0 Å². The van der Waals surface area contributed by atoms with E-state index in [1.54, 1.807) is 6.92 Å². The predicted octanol–water partition coefficient (Wildman–Crippen LogP) is 1.72. The molecule has 0 spiro atoms. The Kier molecular flexibility index (Phi) is 5.26. The maximum Gasteiger partial charge on any atom is 0.416 e. The van der Waals surface area contributed by atoms with Crippen molar-refractivity contribution in [3.05, 3.63) is 35.2 Å². The number of hydrogen-bond acceptors (Lipinski definition) is 6. The van der Waals surface area contributed by atoms with Crippen molar-refractivity contribution in [1.29, 1.82) is 0 Å². The minimum Gasteiger partial charge on any atom is -0.461 e. The summed E-state index contributed by atoms with van der Waals surface area (Å²) in [6.07, 6.45) is -4.57. The van der Waals surface area contributed by atoms with E-state index >= 15 is 0 Å². The van der Waals surface area contributed by atoms with Crippen LogP contribution in [-0.4, -0.2) is 12.6 Å². The number of nitrogen functional groups attached to an aromatic ring is 1. The number of nitrogens with two attached hydrogens (primary N) is 3. The maximum atomic E-state index is 12.8. The molecule has 6 N–H and O–H groups in total. The second-order valence-corrected chi connectivity index (χ2v) is 4.39. The fourth-order valence-corrected chi connectivity index (χ4v) is 1.70. The van der Waals surface area contributed by atoms with Gasteiger partial charge in [-0.1, -0.05) is 0 Å². The van der Waals surface area contributed by atoms with E-state index in [9.17, 15) is 18.0 Å². The molecule has 0 radical (unpaired) electrons. The van der Waals surface area contributed by atoms with Gasteiger partial charge in [-0.05, 0) is 32.0 Å². The first kappa shape index (κ1) is 17.6. The van der Waals surface area contributed by atoms with Crippen LogP contribution in [0.5, 0.6) is 0 Å². The maximum absolute atomic E-state index is 12.8. The highest BCUT2D eigenvalue weighted by atomic mass is 19.4. The monoisotopic (exact) mass is 318 g/mol. The van der Waals surface area contributed by atoms with Gasteiger partial charge in [0.25, 0.3) is 0 Å². The minimum atomic E-state index is -4.57. The van der Waals surface area contributed by atoms with Crippen LogP contribution in [-0.2, 0) is 15.7 Å². The summed E-state index contributed by atoms with van der Waals surface area (Å²) >= 11 is 0. The van der Waals surface area contributed by atoms with Gasteiger partial charge in [-0.2, -0.15) is 13.2 Å². The highest BCUT2D eigenvalue weighted by Crippen LogP contribution is 2.34. The zero-order valence-electron chi connectivity index (χ0n) is 12.1. The van der Waals surface area contributed by atoms with Crippen molar-refractivity contribution in [2.24, 2.45) is 11.6 Å². The molecule has 0 heterocycles. The number of ether oxygens (including phenoxy) is 1. The fraction of sp³-hybridized carbons (Fsp3) is 0.308. The molecule has 0 fully saturated rings. The molecule has 0 saturated heterocycles. The molecule has 0 saturated carbocycles. The Balaban J connectivity index is 3.34. The zero-order valence-corrected chi connectivity index (χ0v) is 12.1. The fourth-order valence-electron chi connectivity index (χ4n) is 1.70. The van der Waals surface area contributed by atoms with Crippen molar-refractivity contribution < 1.29 is 22.7 Å². The van der Waals surface area contributed by atoms with Gasteiger partial charge in [-0.3, -0.25) is 5.01 Å². The molecule has 1 rings (SSSR count). The minimum absolute atomic E-state index is 0.0160. The molecular formula is C13H17F3N4O2. The van der Waals surface area contributed by atoms with Gasteiger partial charge in [0.15, 0.2) is 5.70 Å². The Morgan fingerprint density at radius 2 is 1.95 bits per heavy atom. The molecule has 122 valence electrons. The van der Waals surface area contributed by atoms with Gasteiger partial charge < -0.3 is 16.2 Å². The molecule has 0 aliphatic carbocycles. The topological polar surface area (TPSA) is 108 Å². The van der Waals surface area contributed by atoms with E-state index in [4.69, 9.17) is 22.0 Å². The second kappa shape index (κ2) is 6.56. The van der Waals surface area contributed by atoms with E-state index in [0.717, 1.165) is 18.2 Å². The molecule has 0 aliphatic heterocycles. The summed E-state index contributed by atoms with van der Waals surface area (Å²) in [4.78, 5) is 11.8. The first-order chi connectivity index (χ1) is 10.1. The van der Waals surface area contributed by atoms with Crippen LogP contribution in [0.25, 0.3) is 0 Å². The largest absolute Gasteiger partial charge is 0.461 e. The quantitative estimate of drug-likeness (QED) is 0.256. The second-order valence-electron chi connectivity index (χ2n) is 4.39. The van der Waals surface area contributed by atoms with Gasteiger partial charge in [0.05, 0.1) is 23.5 Å². The summed E-state index contributed by atoms with van der Waals surface area (Å²) in [7, 11) is 0. The molecule has 0 aliphatic rings. The van der Waals surface area contributed by atoms with E-state index in [1.807, 2.05) is 0 Å². The van der Waals surface area contributed by atoms with Gasteiger partial charge in [-0.15, -0.1) is 0 Å². The van der Waals surface area contributed by atoms with E-state index in [-0.39, 0.29) is 29.4 Å². The Bertz CT molecular complexity index is 595. The standard InChI is InChI=1S/C13H17F3N4O2/c1-3-22-12(21)11(7(2)17)20(19)10-6-8(13(14,15)16)4-5-9(10)18/h4-6H,3,17-19H2,1-2H3/b11-7+. The van der Waals surface area contributed by atoms with Crippen LogP contribution in [0.1, 0.15) is 19.4 Å². The first-order valence-corrected chi connectivity index (χ1v) is 6.24. The lowest BCUT2D eigenvalue weighted by Gasteiger charge is -2.24. The van der Waals surface area contributed by atoms with Gasteiger partial charge in [0, 0.05) is 5.70 Å². The van der Waals surface area contributed by atoms with E-state index in [2.05, 4.69) is 0 Å². The lowest BCUT2D eigenvalue weighted by atomic mass is 10.1. The average Bonchev–Trinajstić information content (AvgIpc) is 2.37. The molecule has 22 heavy (non-hydrogen) atoms. The lowest BCUT2D eigenvalue weighted by Crippen LogP contribution is -2.37. The molecule has 0 atom stereocenters. The number of benzene rings is 1.